The van der Waals surface area contributed by atoms with Gasteiger partial charge in [-0.1, -0.05) is 12.8 Å². The summed E-state index contributed by atoms with van der Waals surface area (Å²) in [5, 5.41) is 3.70. The third kappa shape index (κ3) is 1.01. The highest BCUT2D eigenvalue weighted by molar-refractivity contribution is 5.10. The van der Waals surface area contributed by atoms with Crippen LogP contribution < -0.4 is 5.32 Å². The molecule has 0 radical (unpaired) electrons. The molecule has 2 aliphatic carbocycles. The van der Waals surface area contributed by atoms with E-state index in [2.05, 4.69) is 5.32 Å². The van der Waals surface area contributed by atoms with Crippen molar-refractivity contribution in [2.24, 2.45) is 5.41 Å². The third-order valence-corrected chi connectivity index (χ3v) is 3.86. The van der Waals surface area contributed by atoms with Crippen molar-refractivity contribution in [1.29, 1.82) is 0 Å². The molecular formula is C10H17NO. The van der Waals surface area contributed by atoms with Gasteiger partial charge in [0, 0.05) is 6.04 Å². The zero-order valence-electron chi connectivity index (χ0n) is 7.51. The van der Waals surface area contributed by atoms with Gasteiger partial charge >= 0.3 is 0 Å². The van der Waals surface area contributed by atoms with Crippen molar-refractivity contribution in [2.75, 3.05) is 13.2 Å². The number of rotatable bonds is 2. The molecule has 0 aromatic heterocycles. The van der Waals surface area contributed by atoms with Crippen LogP contribution >= 0.6 is 0 Å². The Bertz CT molecular complexity index is 182. The summed E-state index contributed by atoms with van der Waals surface area (Å²) < 4.78 is 5.15. The molecule has 2 saturated carbocycles. The van der Waals surface area contributed by atoms with Crippen LogP contribution in [0.3, 0.4) is 0 Å². The second-order valence-corrected chi connectivity index (χ2v) is 4.73. The van der Waals surface area contributed by atoms with Gasteiger partial charge in [0.25, 0.3) is 0 Å². The molecule has 0 amide bonds. The van der Waals surface area contributed by atoms with Gasteiger partial charge in [0.2, 0.25) is 0 Å². The van der Waals surface area contributed by atoms with Crippen LogP contribution in [-0.4, -0.2) is 25.3 Å². The van der Waals surface area contributed by atoms with Gasteiger partial charge in [0.15, 0.2) is 0 Å². The molecule has 0 aromatic carbocycles. The van der Waals surface area contributed by atoms with E-state index in [0.29, 0.717) is 6.04 Å². The van der Waals surface area contributed by atoms with Crippen LogP contribution in [0.25, 0.3) is 0 Å². The SMILES string of the molecule is C1CCC2(C1)CC2NC1COC1. The van der Waals surface area contributed by atoms with Gasteiger partial charge in [-0.25, -0.2) is 0 Å². The highest BCUT2D eigenvalue weighted by Gasteiger charge is 2.55. The van der Waals surface area contributed by atoms with Crippen molar-refractivity contribution in [3.63, 3.8) is 0 Å². The van der Waals surface area contributed by atoms with E-state index in [-0.39, 0.29) is 0 Å². The van der Waals surface area contributed by atoms with Crippen molar-refractivity contribution in [2.45, 2.75) is 44.2 Å². The molecule has 1 unspecified atom stereocenters. The molecule has 1 saturated heterocycles. The Labute approximate surface area is 73.7 Å². The molecule has 3 rings (SSSR count). The van der Waals surface area contributed by atoms with Crippen molar-refractivity contribution in [3.05, 3.63) is 0 Å². The van der Waals surface area contributed by atoms with Crippen LogP contribution in [0.2, 0.25) is 0 Å². The van der Waals surface area contributed by atoms with Crippen LogP contribution in [0.4, 0.5) is 0 Å². The minimum absolute atomic E-state index is 0.690. The van der Waals surface area contributed by atoms with Crippen LogP contribution in [0, 0.1) is 5.41 Å². The van der Waals surface area contributed by atoms with Crippen molar-refractivity contribution in [1.82, 2.24) is 5.32 Å². The van der Waals surface area contributed by atoms with Gasteiger partial charge in [0.05, 0.1) is 19.3 Å². The van der Waals surface area contributed by atoms with Crippen LogP contribution in [0.15, 0.2) is 0 Å². The van der Waals surface area contributed by atoms with Gasteiger partial charge in [-0.3, -0.25) is 0 Å². The minimum Gasteiger partial charge on any atom is -0.378 e. The van der Waals surface area contributed by atoms with E-state index in [1.807, 2.05) is 0 Å². The monoisotopic (exact) mass is 167 g/mol. The maximum atomic E-state index is 5.15. The Balaban J connectivity index is 1.53. The summed E-state index contributed by atoms with van der Waals surface area (Å²) in [5.74, 6) is 0. The fourth-order valence-electron chi connectivity index (χ4n) is 2.83. The maximum Gasteiger partial charge on any atom is 0.0643 e. The summed E-state index contributed by atoms with van der Waals surface area (Å²) in [6.07, 6.45) is 7.36. The largest absolute Gasteiger partial charge is 0.378 e. The lowest BCUT2D eigenvalue weighted by molar-refractivity contribution is -0.00730. The average molecular weight is 167 g/mol. The predicted molar refractivity (Wildman–Crippen MR) is 47.0 cm³/mol. The summed E-state index contributed by atoms with van der Waals surface area (Å²) in [7, 11) is 0. The molecular weight excluding hydrogens is 150 g/mol. The third-order valence-electron chi connectivity index (χ3n) is 3.86. The summed E-state index contributed by atoms with van der Waals surface area (Å²) in [6, 6.07) is 1.55. The molecule has 1 aliphatic heterocycles. The van der Waals surface area contributed by atoms with Crippen molar-refractivity contribution in [3.8, 4) is 0 Å². The fraction of sp³-hybridized carbons (Fsp3) is 1.00. The Morgan fingerprint density at radius 1 is 1.17 bits per heavy atom. The molecule has 68 valence electrons. The highest BCUT2D eigenvalue weighted by Crippen LogP contribution is 2.58. The summed E-state index contributed by atoms with van der Waals surface area (Å²) >= 11 is 0. The Morgan fingerprint density at radius 2 is 1.92 bits per heavy atom. The molecule has 1 N–H and O–H groups in total. The zero-order chi connectivity index (χ0) is 8.02. The maximum absolute atomic E-state index is 5.15. The zero-order valence-corrected chi connectivity index (χ0v) is 7.51. The molecule has 0 bridgehead atoms. The van der Waals surface area contributed by atoms with Crippen LogP contribution in [0.5, 0.6) is 0 Å². The molecule has 3 fully saturated rings. The first-order valence-corrected chi connectivity index (χ1v) is 5.23. The van der Waals surface area contributed by atoms with Gasteiger partial charge in [-0.2, -0.15) is 0 Å². The lowest BCUT2D eigenvalue weighted by Crippen LogP contribution is -2.47. The summed E-state index contributed by atoms with van der Waals surface area (Å²) in [5.41, 5.74) is 0.760. The van der Waals surface area contributed by atoms with Crippen LogP contribution in [0.1, 0.15) is 32.1 Å². The van der Waals surface area contributed by atoms with Gasteiger partial charge in [-0.15, -0.1) is 0 Å². The van der Waals surface area contributed by atoms with E-state index >= 15 is 0 Å². The first kappa shape index (κ1) is 7.34. The number of hydrogen-bond acceptors (Lipinski definition) is 2. The van der Waals surface area contributed by atoms with Gasteiger partial charge < -0.3 is 10.1 Å². The topological polar surface area (TPSA) is 21.3 Å². The molecule has 1 heterocycles. The molecule has 2 heteroatoms. The first-order chi connectivity index (χ1) is 5.89. The molecule has 3 aliphatic rings. The second kappa shape index (κ2) is 2.46. The summed E-state index contributed by atoms with van der Waals surface area (Å²) in [6.45, 7) is 1.90. The standard InChI is InChI=1S/C10H17NO/c1-2-4-10(3-1)5-9(10)11-8-6-12-7-8/h8-9,11H,1-7H2. The van der Waals surface area contributed by atoms with E-state index in [1.54, 1.807) is 0 Å². The van der Waals surface area contributed by atoms with E-state index in [0.717, 1.165) is 24.7 Å². The number of ether oxygens (including phenoxy) is 1. The van der Waals surface area contributed by atoms with Gasteiger partial charge in [0.1, 0.15) is 0 Å². The highest BCUT2D eigenvalue weighted by atomic mass is 16.5. The molecule has 1 spiro atoms. The first-order valence-electron chi connectivity index (χ1n) is 5.23. The van der Waals surface area contributed by atoms with Gasteiger partial charge in [-0.05, 0) is 24.7 Å². The minimum atomic E-state index is 0.690. The molecule has 12 heavy (non-hydrogen) atoms. The quantitative estimate of drug-likeness (QED) is 0.669. The average Bonchev–Trinajstić information content (AvgIpc) is 2.36. The lowest BCUT2D eigenvalue weighted by Gasteiger charge is -2.28. The van der Waals surface area contributed by atoms with E-state index in [4.69, 9.17) is 4.74 Å². The van der Waals surface area contributed by atoms with E-state index in [1.165, 1.54) is 32.1 Å². The Morgan fingerprint density at radius 3 is 2.50 bits per heavy atom. The van der Waals surface area contributed by atoms with E-state index in [9.17, 15) is 0 Å². The van der Waals surface area contributed by atoms with Crippen molar-refractivity contribution >= 4 is 0 Å². The Hall–Kier alpha value is -0.0800. The van der Waals surface area contributed by atoms with Crippen molar-refractivity contribution < 1.29 is 4.74 Å². The second-order valence-electron chi connectivity index (χ2n) is 4.73. The number of hydrogen-bond donors (Lipinski definition) is 1. The molecule has 2 nitrogen and oxygen atoms in total. The van der Waals surface area contributed by atoms with Crippen LogP contribution in [-0.2, 0) is 4.74 Å². The molecule has 0 aromatic rings. The molecule has 1 atom stereocenters. The van der Waals surface area contributed by atoms with E-state index < -0.39 is 0 Å². The normalized spacial score (nSPS) is 38.5. The smallest absolute Gasteiger partial charge is 0.0643 e. The predicted octanol–water partition coefficient (Wildman–Crippen LogP) is 1.31. The Kier molecular flexibility index (Phi) is 1.50. The summed E-state index contributed by atoms with van der Waals surface area (Å²) in [4.78, 5) is 0. The lowest BCUT2D eigenvalue weighted by atomic mass is 10.0. The fourth-order valence-corrected chi connectivity index (χ4v) is 2.83. The number of nitrogens with one attached hydrogen (secondary N) is 1.